The Kier molecular flexibility index (Phi) is 4.56. The van der Waals surface area contributed by atoms with E-state index in [9.17, 15) is 5.11 Å². The predicted octanol–water partition coefficient (Wildman–Crippen LogP) is 2.18. The van der Waals surface area contributed by atoms with Crippen LogP contribution in [0.5, 0.6) is 0 Å². The van der Waals surface area contributed by atoms with Gasteiger partial charge in [-0.15, -0.1) is 0 Å². The lowest BCUT2D eigenvalue weighted by Gasteiger charge is -2.26. The maximum Gasteiger partial charge on any atom is 0.0958 e. The van der Waals surface area contributed by atoms with Gasteiger partial charge in [-0.2, -0.15) is 0 Å². The summed E-state index contributed by atoms with van der Waals surface area (Å²) in [6.45, 7) is 3.21. The van der Waals surface area contributed by atoms with Gasteiger partial charge in [-0.1, -0.05) is 12.1 Å². The summed E-state index contributed by atoms with van der Waals surface area (Å²) >= 11 is 0. The molecule has 1 aromatic carbocycles. The maximum absolute atomic E-state index is 9.33. The third kappa shape index (κ3) is 3.33. The van der Waals surface area contributed by atoms with E-state index in [0.717, 1.165) is 31.3 Å². The van der Waals surface area contributed by atoms with E-state index >= 15 is 0 Å². The standard InChI is InChI=1S/C15H23N3O/c1-15(11-19,16-2)9-5-6-10-18-12-17-13-7-3-4-8-14(13)18/h3-4,7-8,12,16,19H,5-6,9-11H2,1-2H3. The lowest BCUT2D eigenvalue weighted by Crippen LogP contribution is -2.43. The minimum Gasteiger partial charge on any atom is -0.394 e. The molecule has 1 atom stereocenters. The van der Waals surface area contributed by atoms with Crippen LogP contribution in [-0.2, 0) is 6.54 Å². The minimum absolute atomic E-state index is 0.156. The molecule has 104 valence electrons. The van der Waals surface area contributed by atoms with Crippen LogP contribution >= 0.6 is 0 Å². The number of imidazole rings is 1. The smallest absolute Gasteiger partial charge is 0.0958 e. The normalized spacial score (nSPS) is 14.7. The van der Waals surface area contributed by atoms with Crippen molar-refractivity contribution in [3.05, 3.63) is 30.6 Å². The van der Waals surface area contributed by atoms with Crippen molar-refractivity contribution in [3.8, 4) is 0 Å². The van der Waals surface area contributed by atoms with Crippen LogP contribution in [0.1, 0.15) is 26.2 Å². The summed E-state index contributed by atoms with van der Waals surface area (Å²) in [6, 6.07) is 8.20. The van der Waals surface area contributed by atoms with Crippen LogP contribution in [0.15, 0.2) is 30.6 Å². The van der Waals surface area contributed by atoms with Gasteiger partial charge in [-0.05, 0) is 45.4 Å². The third-order valence-corrected chi connectivity index (χ3v) is 3.86. The molecule has 2 rings (SSSR count). The number of aliphatic hydroxyl groups is 1. The molecule has 0 aliphatic carbocycles. The molecule has 4 nitrogen and oxygen atoms in total. The number of aromatic nitrogens is 2. The largest absolute Gasteiger partial charge is 0.394 e. The summed E-state index contributed by atoms with van der Waals surface area (Å²) in [4.78, 5) is 4.39. The van der Waals surface area contributed by atoms with Gasteiger partial charge in [0, 0.05) is 12.1 Å². The molecule has 19 heavy (non-hydrogen) atoms. The highest BCUT2D eigenvalue weighted by Crippen LogP contribution is 2.16. The average Bonchev–Trinajstić information content (AvgIpc) is 2.87. The van der Waals surface area contributed by atoms with Crippen molar-refractivity contribution in [3.63, 3.8) is 0 Å². The van der Waals surface area contributed by atoms with Crippen molar-refractivity contribution in [2.75, 3.05) is 13.7 Å². The molecule has 0 spiro atoms. The molecule has 4 heteroatoms. The van der Waals surface area contributed by atoms with Crippen molar-refractivity contribution in [2.24, 2.45) is 0 Å². The number of rotatable bonds is 7. The zero-order valence-corrected chi connectivity index (χ0v) is 11.8. The number of unbranched alkanes of at least 4 members (excludes halogenated alkanes) is 1. The van der Waals surface area contributed by atoms with E-state index < -0.39 is 0 Å². The average molecular weight is 261 g/mol. The van der Waals surface area contributed by atoms with E-state index in [2.05, 4.69) is 27.9 Å². The molecular weight excluding hydrogens is 238 g/mol. The highest BCUT2D eigenvalue weighted by Gasteiger charge is 2.19. The van der Waals surface area contributed by atoms with Crippen LogP contribution in [0.25, 0.3) is 11.0 Å². The van der Waals surface area contributed by atoms with Gasteiger partial charge >= 0.3 is 0 Å². The second kappa shape index (κ2) is 6.17. The van der Waals surface area contributed by atoms with Gasteiger partial charge in [0.1, 0.15) is 0 Å². The monoisotopic (exact) mass is 261 g/mol. The highest BCUT2D eigenvalue weighted by molar-refractivity contribution is 5.74. The van der Waals surface area contributed by atoms with Crippen molar-refractivity contribution >= 4 is 11.0 Å². The van der Waals surface area contributed by atoms with Crippen LogP contribution < -0.4 is 5.32 Å². The molecule has 0 aliphatic heterocycles. The number of para-hydroxylation sites is 2. The molecular formula is C15H23N3O. The SMILES string of the molecule is CNC(C)(CO)CCCCn1cnc2ccccc21. The number of aryl methyl sites for hydroxylation is 1. The Labute approximate surface area is 114 Å². The van der Waals surface area contributed by atoms with Crippen molar-refractivity contribution in [2.45, 2.75) is 38.3 Å². The number of benzene rings is 1. The number of nitrogens with zero attached hydrogens (tertiary/aromatic N) is 2. The van der Waals surface area contributed by atoms with Crippen molar-refractivity contribution < 1.29 is 5.11 Å². The van der Waals surface area contributed by atoms with Gasteiger partial charge in [-0.25, -0.2) is 4.98 Å². The maximum atomic E-state index is 9.33. The second-order valence-corrected chi connectivity index (χ2v) is 5.35. The molecule has 0 bridgehead atoms. The summed E-state index contributed by atoms with van der Waals surface area (Å²) in [5.41, 5.74) is 2.09. The first-order valence-electron chi connectivity index (χ1n) is 6.88. The fourth-order valence-corrected chi connectivity index (χ4v) is 2.27. The zero-order valence-electron chi connectivity index (χ0n) is 11.8. The van der Waals surface area contributed by atoms with Gasteiger partial charge in [0.15, 0.2) is 0 Å². The molecule has 0 radical (unpaired) electrons. The fourth-order valence-electron chi connectivity index (χ4n) is 2.27. The Morgan fingerprint density at radius 1 is 1.32 bits per heavy atom. The van der Waals surface area contributed by atoms with Crippen LogP contribution in [0.4, 0.5) is 0 Å². The van der Waals surface area contributed by atoms with Gasteiger partial charge in [0.2, 0.25) is 0 Å². The summed E-state index contributed by atoms with van der Waals surface area (Å²) in [5, 5.41) is 12.5. The summed E-state index contributed by atoms with van der Waals surface area (Å²) in [5.74, 6) is 0. The molecule has 2 aromatic rings. The van der Waals surface area contributed by atoms with Gasteiger partial charge in [0.05, 0.1) is 24.0 Å². The van der Waals surface area contributed by atoms with E-state index in [4.69, 9.17) is 0 Å². The van der Waals surface area contributed by atoms with Gasteiger partial charge < -0.3 is 15.0 Å². The van der Waals surface area contributed by atoms with E-state index in [0.29, 0.717) is 0 Å². The Balaban J connectivity index is 1.86. The quantitative estimate of drug-likeness (QED) is 0.751. The Morgan fingerprint density at radius 3 is 2.84 bits per heavy atom. The molecule has 1 unspecified atom stereocenters. The fraction of sp³-hybridized carbons (Fsp3) is 0.533. The predicted molar refractivity (Wildman–Crippen MR) is 78.1 cm³/mol. The number of likely N-dealkylation sites (N-methyl/N-ethyl adjacent to an activating group) is 1. The van der Waals surface area contributed by atoms with E-state index in [-0.39, 0.29) is 12.1 Å². The molecule has 0 aliphatic rings. The molecule has 0 saturated heterocycles. The zero-order chi connectivity index (χ0) is 13.7. The Bertz CT molecular complexity index is 517. The summed E-state index contributed by atoms with van der Waals surface area (Å²) in [7, 11) is 1.90. The summed E-state index contributed by atoms with van der Waals surface area (Å²) in [6.07, 6.45) is 5.07. The number of hydrogen-bond acceptors (Lipinski definition) is 3. The molecule has 0 amide bonds. The molecule has 1 aromatic heterocycles. The Morgan fingerprint density at radius 2 is 2.11 bits per heavy atom. The van der Waals surface area contributed by atoms with E-state index in [1.165, 1.54) is 5.52 Å². The summed E-state index contributed by atoms with van der Waals surface area (Å²) < 4.78 is 2.20. The highest BCUT2D eigenvalue weighted by atomic mass is 16.3. The second-order valence-electron chi connectivity index (χ2n) is 5.35. The van der Waals surface area contributed by atoms with Crippen molar-refractivity contribution in [1.82, 2.24) is 14.9 Å². The van der Waals surface area contributed by atoms with Crippen LogP contribution in [-0.4, -0.2) is 33.9 Å². The molecule has 1 heterocycles. The topological polar surface area (TPSA) is 50.1 Å². The number of hydrogen-bond donors (Lipinski definition) is 2. The lowest BCUT2D eigenvalue weighted by atomic mass is 9.96. The van der Waals surface area contributed by atoms with Crippen molar-refractivity contribution in [1.29, 1.82) is 0 Å². The molecule has 0 fully saturated rings. The van der Waals surface area contributed by atoms with E-state index in [1.807, 2.05) is 31.6 Å². The lowest BCUT2D eigenvalue weighted by molar-refractivity contribution is 0.170. The number of fused-ring (bicyclic) bond motifs is 1. The van der Waals surface area contributed by atoms with Crippen LogP contribution in [0.2, 0.25) is 0 Å². The van der Waals surface area contributed by atoms with Crippen LogP contribution in [0, 0.1) is 0 Å². The Hall–Kier alpha value is -1.39. The molecule has 2 N–H and O–H groups in total. The first-order chi connectivity index (χ1) is 9.18. The van der Waals surface area contributed by atoms with E-state index in [1.54, 1.807) is 0 Å². The third-order valence-electron chi connectivity index (χ3n) is 3.86. The number of aliphatic hydroxyl groups excluding tert-OH is 1. The van der Waals surface area contributed by atoms with Gasteiger partial charge in [0.25, 0.3) is 0 Å². The minimum atomic E-state index is -0.156. The first kappa shape index (κ1) is 14.0. The first-order valence-corrected chi connectivity index (χ1v) is 6.88. The number of nitrogens with one attached hydrogen (secondary N) is 1. The van der Waals surface area contributed by atoms with Crippen LogP contribution in [0.3, 0.4) is 0 Å². The molecule has 0 saturated carbocycles. The van der Waals surface area contributed by atoms with Gasteiger partial charge in [-0.3, -0.25) is 0 Å².